The van der Waals surface area contributed by atoms with E-state index in [0.717, 1.165) is 25.7 Å². The number of likely N-dealkylation sites (tertiary alicyclic amines) is 1. The van der Waals surface area contributed by atoms with Gasteiger partial charge < -0.3 is 24.4 Å². The summed E-state index contributed by atoms with van der Waals surface area (Å²) in [5.74, 6) is -2.45. The number of aliphatic hydroxyl groups excluding tert-OH is 1. The molecule has 0 aliphatic carbocycles. The maximum Gasteiger partial charge on any atom is 0.312 e. The number of esters is 1. The fourth-order valence-electron chi connectivity index (χ4n) is 6.18. The van der Waals surface area contributed by atoms with Crippen molar-refractivity contribution >= 4 is 33.7 Å². The Kier molecular flexibility index (Phi) is 10.2. The summed E-state index contributed by atoms with van der Waals surface area (Å²) in [5, 5.41) is 9.50. The Labute approximate surface area is 223 Å². The molecule has 0 aromatic rings. The van der Waals surface area contributed by atoms with Gasteiger partial charge in [0.05, 0.1) is 24.5 Å². The fourth-order valence-corrected chi connectivity index (χ4v) is 7.12. The molecule has 3 heterocycles. The topological polar surface area (TPSA) is 96.4 Å². The van der Waals surface area contributed by atoms with Gasteiger partial charge in [-0.15, -0.1) is 13.2 Å². The average molecular weight is 570 g/mol. The Bertz CT molecular complexity index is 837. The van der Waals surface area contributed by atoms with Crippen molar-refractivity contribution in [3.8, 4) is 0 Å². The maximum absolute atomic E-state index is 14.2. The fraction of sp³-hybridized carbons (Fsp3) is 0.741. The molecule has 4 unspecified atom stereocenters. The molecule has 0 saturated carbocycles. The van der Waals surface area contributed by atoms with E-state index in [-0.39, 0.29) is 42.4 Å². The lowest BCUT2D eigenvalue weighted by Crippen LogP contribution is -2.58. The molecular formula is C27H41BrN2O6. The van der Waals surface area contributed by atoms with Crippen molar-refractivity contribution in [2.45, 2.75) is 87.4 Å². The van der Waals surface area contributed by atoms with Gasteiger partial charge in [0.2, 0.25) is 11.8 Å². The number of amides is 2. The predicted molar refractivity (Wildman–Crippen MR) is 140 cm³/mol. The van der Waals surface area contributed by atoms with E-state index in [1.54, 1.807) is 15.9 Å². The molecule has 2 bridgehead atoms. The highest BCUT2D eigenvalue weighted by Gasteiger charge is 2.77. The summed E-state index contributed by atoms with van der Waals surface area (Å²) in [5.41, 5.74) is -1.11. The van der Waals surface area contributed by atoms with E-state index in [1.807, 2.05) is 13.0 Å². The zero-order valence-electron chi connectivity index (χ0n) is 21.6. The maximum atomic E-state index is 14.2. The molecule has 9 heteroatoms. The number of hydrogen-bond donors (Lipinski definition) is 1. The standard InChI is InChI=1S/C27H41BrN2O6/c1-5-8-9-10-16-35-26(34)20-21-24(32)30(14-11-15-31)23(27(21)17-19(28)22(20)36-27)25(33)29(13-7-3)18(4)12-6-2/h5,7,18-23,31H,1,3,6,8-17H2,2,4H3/t18?,19?,20-,21-,22-,23?,27?/m0/s1. The van der Waals surface area contributed by atoms with Crippen LogP contribution in [-0.2, 0) is 23.9 Å². The van der Waals surface area contributed by atoms with Gasteiger partial charge in [0, 0.05) is 30.6 Å². The van der Waals surface area contributed by atoms with Crippen LogP contribution in [0, 0.1) is 11.8 Å². The minimum Gasteiger partial charge on any atom is -0.465 e. The first-order chi connectivity index (χ1) is 17.3. The number of allylic oxidation sites excluding steroid dienone is 1. The van der Waals surface area contributed by atoms with Crippen LogP contribution >= 0.6 is 15.9 Å². The molecule has 3 aliphatic rings. The molecule has 3 rings (SSSR count). The second kappa shape index (κ2) is 12.7. The van der Waals surface area contributed by atoms with Gasteiger partial charge in [-0.2, -0.15) is 0 Å². The van der Waals surface area contributed by atoms with Crippen LogP contribution in [-0.4, -0.2) is 87.6 Å². The van der Waals surface area contributed by atoms with Crippen molar-refractivity contribution in [1.29, 1.82) is 0 Å². The van der Waals surface area contributed by atoms with Gasteiger partial charge >= 0.3 is 5.97 Å². The van der Waals surface area contributed by atoms with Crippen LogP contribution in [0.3, 0.4) is 0 Å². The first-order valence-electron chi connectivity index (χ1n) is 13.2. The zero-order chi connectivity index (χ0) is 26.5. The molecule has 7 atom stereocenters. The van der Waals surface area contributed by atoms with Gasteiger partial charge in [-0.05, 0) is 45.4 Å². The number of alkyl halides is 1. The number of hydrogen-bond acceptors (Lipinski definition) is 6. The SMILES string of the molecule is C=CCCCCOC(=O)[C@H]1[C@H]2C(=O)N(CCCO)C(C(=O)N(CC=C)C(C)CCC)C23CC(Br)[C@@H]1O3. The number of halogens is 1. The lowest BCUT2D eigenvalue weighted by molar-refractivity contribution is -0.155. The van der Waals surface area contributed by atoms with Crippen LogP contribution in [0.4, 0.5) is 0 Å². The van der Waals surface area contributed by atoms with Crippen LogP contribution in [0.1, 0.15) is 58.8 Å². The molecule has 0 aromatic heterocycles. The van der Waals surface area contributed by atoms with Crippen molar-refractivity contribution in [2.24, 2.45) is 11.8 Å². The first kappa shape index (κ1) is 28.9. The molecule has 0 aromatic carbocycles. The number of carbonyl (C=O) groups is 3. The van der Waals surface area contributed by atoms with Gasteiger partial charge in [-0.1, -0.05) is 41.4 Å². The second-order valence-corrected chi connectivity index (χ2v) is 11.3. The number of fused-ring (bicyclic) bond motifs is 1. The minimum absolute atomic E-state index is 0.0413. The molecule has 36 heavy (non-hydrogen) atoms. The summed E-state index contributed by atoms with van der Waals surface area (Å²) in [6, 6.07) is -0.906. The molecule has 202 valence electrons. The molecule has 2 amide bonds. The number of unbranched alkanes of at least 4 members (excludes halogenated alkanes) is 2. The van der Waals surface area contributed by atoms with Crippen LogP contribution in [0.2, 0.25) is 0 Å². The normalized spacial score (nSPS) is 31.3. The van der Waals surface area contributed by atoms with Gasteiger partial charge in [0.15, 0.2) is 0 Å². The van der Waals surface area contributed by atoms with E-state index < -0.39 is 35.6 Å². The lowest BCUT2D eigenvalue weighted by Gasteiger charge is -2.39. The van der Waals surface area contributed by atoms with Gasteiger partial charge in [-0.25, -0.2) is 0 Å². The Hall–Kier alpha value is -1.71. The quantitative estimate of drug-likeness (QED) is 0.141. The summed E-state index contributed by atoms with van der Waals surface area (Å²) < 4.78 is 12.1. The van der Waals surface area contributed by atoms with Crippen LogP contribution in [0.25, 0.3) is 0 Å². The number of ether oxygens (including phenoxy) is 2. The van der Waals surface area contributed by atoms with E-state index in [4.69, 9.17) is 9.47 Å². The van der Waals surface area contributed by atoms with E-state index >= 15 is 0 Å². The van der Waals surface area contributed by atoms with Gasteiger partial charge in [-0.3, -0.25) is 14.4 Å². The second-order valence-electron chi connectivity index (χ2n) is 10.1. The highest BCUT2D eigenvalue weighted by atomic mass is 79.9. The van der Waals surface area contributed by atoms with Crippen LogP contribution < -0.4 is 0 Å². The number of nitrogens with zero attached hydrogens (tertiary/aromatic N) is 2. The number of aliphatic hydroxyl groups is 1. The monoisotopic (exact) mass is 568 g/mol. The van der Waals surface area contributed by atoms with Crippen LogP contribution in [0.15, 0.2) is 25.3 Å². The van der Waals surface area contributed by atoms with Gasteiger partial charge in [0.1, 0.15) is 11.6 Å². The first-order valence-corrected chi connectivity index (χ1v) is 14.1. The molecular weight excluding hydrogens is 528 g/mol. The van der Waals surface area contributed by atoms with Crippen molar-refractivity contribution in [3.63, 3.8) is 0 Å². The Morgan fingerprint density at radius 2 is 2.08 bits per heavy atom. The third-order valence-corrected chi connectivity index (χ3v) is 8.59. The van der Waals surface area contributed by atoms with Crippen molar-refractivity contribution in [2.75, 3.05) is 26.3 Å². The molecule has 8 nitrogen and oxygen atoms in total. The summed E-state index contributed by atoms with van der Waals surface area (Å²) in [6.45, 7) is 12.4. The highest BCUT2D eigenvalue weighted by molar-refractivity contribution is 9.09. The van der Waals surface area contributed by atoms with E-state index in [2.05, 4.69) is 36.0 Å². The summed E-state index contributed by atoms with van der Waals surface area (Å²) in [4.78, 5) is 44.4. The van der Waals surface area contributed by atoms with Gasteiger partial charge in [0.25, 0.3) is 0 Å². The van der Waals surface area contributed by atoms with E-state index in [1.165, 1.54) is 0 Å². The van der Waals surface area contributed by atoms with Crippen molar-refractivity contribution < 1.29 is 29.0 Å². The lowest BCUT2D eigenvalue weighted by atomic mass is 9.70. The zero-order valence-corrected chi connectivity index (χ0v) is 23.2. The Morgan fingerprint density at radius 1 is 1.33 bits per heavy atom. The molecule has 1 N–H and O–H groups in total. The number of rotatable bonds is 15. The smallest absolute Gasteiger partial charge is 0.312 e. The molecule has 0 radical (unpaired) electrons. The minimum atomic E-state index is -1.11. The predicted octanol–water partition coefficient (Wildman–Crippen LogP) is 3.22. The van der Waals surface area contributed by atoms with Crippen molar-refractivity contribution in [1.82, 2.24) is 9.80 Å². The third kappa shape index (κ3) is 5.29. The Balaban J connectivity index is 1.93. The molecule has 3 saturated heterocycles. The molecule has 3 aliphatic heterocycles. The van der Waals surface area contributed by atoms with E-state index in [9.17, 15) is 19.5 Å². The number of carbonyl (C=O) groups excluding carboxylic acids is 3. The Morgan fingerprint density at radius 3 is 2.72 bits per heavy atom. The molecule has 1 spiro atoms. The largest absolute Gasteiger partial charge is 0.465 e. The summed E-state index contributed by atoms with van der Waals surface area (Å²) in [7, 11) is 0. The third-order valence-electron chi connectivity index (χ3n) is 7.75. The highest BCUT2D eigenvalue weighted by Crippen LogP contribution is 2.60. The summed E-state index contributed by atoms with van der Waals surface area (Å²) in [6.07, 6.45) is 7.95. The average Bonchev–Trinajstić information content (AvgIpc) is 3.44. The van der Waals surface area contributed by atoms with Crippen LogP contribution in [0.5, 0.6) is 0 Å². The van der Waals surface area contributed by atoms with E-state index in [0.29, 0.717) is 25.8 Å². The molecule has 3 fully saturated rings. The van der Waals surface area contributed by atoms with Crippen molar-refractivity contribution in [3.05, 3.63) is 25.3 Å². The summed E-state index contributed by atoms with van der Waals surface area (Å²) >= 11 is 3.67.